The zero-order valence-corrected chi connectivity index (χ0v) is 18.4. The molecule has 4 rings (SSSR count). The number of carbonyl (C=O) groups excluding carboxylic acids is 1. The van der Waals surface area contributed by atoms with E-state index in [1.807, 2.05) is 31.2 Å². The van der Waals surface area contributed by atoms with Gasteiger partial charge in [-0.05, 0) is 73.0 Å². The summed E-state index contributed by atoms with van der Waals surface area (Å²) < 4.78 is 1.02. The number of pyridine rings is 1. The van der Waals surface area contributed by atoms with Crippen LogP contribution >= 0.6 is 11.3 Å². The third-order valence-corrected chi connectivity index (χ3v) is 6.10. The fourth-order valence-corrected chi connectivity index (χ4v) is 4.19. The van der Waals surface area contributed by atoms with E-state index in [2.05, 4.69) is 18.0 Å². The Morgan fingerprint density at radius 3 is 2.56 bits per heavy atom. The summed E-state index contributed by atoms with van der Waals surface area (Å²) in [6.45, 7) is 4.37. The molecule has 8 heteroatoms. The Morgan fingerprint density at radius 2 is 1.88 bits per heavy atom. The lowest BCUT2D eigenvalue weighted by atomic mass is 10.1. The molecule has 4 aromatic rings. The number of nitrogens with zero attached hydrogens (tertiary/aromatic N) is 4. The molecule has 0 N–H and O–H groups in total. The van der Waals surface area contributed by atoms with Crippen LogP contribution in [0.4, 0.5) is 10.8 Å². The van der Waals surface area contributed by atoms with Crippen molar-refractivity contribution in [2.24, 2.45) is 0 Å². The van der Waals surface area contributed by atoms with E-state index in [1.165, 1.54) is 35.1 Å². The van der Waals surface area contributed by atoms with Gasteiger partial charge >= 0.3 is 0 Å². The monoisotopic (exact) mass is 444 g/mol. The number of non-ortho nitro benzene ring substituents is 1. The molecule has 0 fully saturated rings. The number of amides is 1. The van der Waals surface area contributed by atoms with E-state index < -0.39 is 4.92 Å². The van der Waals surface area contributed by atoms with Crippen LogP contribution in [0.5, 0.6) is 0 Å². The van der Waals surface area contributed by atoms with Gasteiger partial charge in [-0.25, -0.2) is 4.98 Å². The van der Waals surface area contributed by atoms with Gasteiger partial charge in [0.1, 0.15) is 0 Å². The van der Waals surface area contributed by atoms with Crippen molar-refractivity contribution in [2.75, 3.05) is 4.90 Å². The van der Waals surface area contributed by atoms with Crippen LogP contribution in [0.3, 0.4) is 0 Å². The zero-order valence-electron chi connectivity index (χ0n) is 17.6. The van der Waals surface area contributed by atoms with Crippen molar-refractivity contribution in [3.8, 4) is 0 Å². The molecular formula is C24H20N4O3S. The quantitative estimate of drug-likeness (QED) is 0.224. The topological polar surface area (TPSA) is 89.2 Å². The van der Waals surface area contributed by atoms with Crippen LogP contribution in [0.1, 0.15) is 22.4 Å². The van der Waals surface area contributed by atoms with Gasteiger partial charge in [-0.3, -0.25) is 24.8 Å². The predicted octanol–water partition coefficient (Wildman–Crippen LogP) is 5.46. The fraction of sp³-hybridized carbons (Fsp3) is 0.125. The molecule has 0 spiro atoms. The first-order valence-corrected chi connectivity index (χ1v) is 10.7. The summed E-state index contributed by atoms with van der Waals surface area (Å²) in [4.78, 5) is 34.2. The van der Waals surface area contributed by atoms with Gasteiger partial charge in [-0.2, -0.15) is 0 Å². The lowest BCUT2D eigenvalue weighted by molar-refractivity contribution is -0.384. The van der Waals surface area contributed by atoms with Crippen molar-refractivity contribution < 1.29 is 9.72 Å². The molecule has 0 saturated carbocycles. The molecule has 32 heavy (non-hydrogen) atoms. The van der Waals surface area contributed by atoms with E-state index >= 15 is 0 Å². The molecule has 1 amide bonds. The second kappa shape index (κ2) is 9.07. The minimum atomic E-state index is -0.455. The molecule has 7 nitrogen and oxygen atoms in total. The van der Waals surface area contributed by atoms with Gasteiger partial charge in [0.15, 0.2) is 5.13 Å². The maximum atomic E-state index is 13.2. The minimum Gasteiger partial charge on any atom is -0.278 e. The molecule has 2 aromatic heterocycles. The van der Waals surface area contributed by atoms with Crippen molar-refractivity contribution >= 4 is 44.4 Å². The maximum Gasteiger partial charge on any atom is 0.269 e. The molecule has 160 valence electrons. The highest BCUT2D eigenvalue weighted by atomic mass is 32.1. The first-order valence-electron chi connectivity index (χ1n) is 9.92. The summed E-state index contributed by atoms with van der Waals surface area (Å²) >= 11 is 1.46. The van der Waals surface area contributed by atoms with Gasteiger partial charge in [0, 0.05) is 24.4 Å². The molecule has 0 atom stereocenters. The average Bonchev–Trinajstić information content (AvgIpc) is 3.19. The van der Waals surface area contributed by atoms with Crippen LogP contribution in [-0.2, 0) is 11.3 Å². The van der Waals surface area contributed by atoms with Crippen LogP contribution in [0.25, 0.3) is 16.3 Å². The molecule has 0 aliphatic carbocycles. The van der Waals surface area contributed by atoms with Crippen LogP contribution in [0, 0.1) is 24.0 Å². The SMILES string of the molecule is Cc1cc2nc(N(Cc3ccccn3)C(=O)/C=C/c3ccc([N+](=O)[O-])cc3)sc2cc1C. The Labute approximate surface area is 188 Å². The molecule has 0 unspecified atom stereocenters. The normalized spacial score (nSPS) is 11.2. The number of carbonyl (C=O) groups is 1. The average molecular weight is 445 g/mol. The summed E-state index contributed by atoms with van der Waals surface area (Å²) in [5, 5.41) is 11.4. The number of thiazole rings is 1. The lowest BCUT2D eigenvalue weighted by Gasteiger charge is -2.17. The first-order chi connectivity index (χ1) is 15.4. The molecular weight excluding hydrogens is 424 g/mol. The third kappa shape index (κ3) is 4.70. The van der Waals surface area contributed by atoms with E-state index in [4.69, 9.17) is 4.98 Å². The standard InChI is InChI=1S/C24H20N4O3S/c1-16-13-21-22(14-17(16)2)32-24(26-21)27(15-19-5-3-4-12-25-19)23(29)11-8-18-6-9-20(10-7-18)28(30)31/h3-14H,15H2,1-2H3/b11-8+. The third-order valence-electron chi connectivity index (χ3n) is 5.06. The Hall–Kier alpha value is -3.91. The molecule has 0 aliphatic heterocycles. The van der Waals surface area contributed by atoms with Crippen molar-refractivity contribution in [1.29, 1.82) is 0 Å². The highest BCUT2D eigenvalue weighted by Crippen LogP contribution is 2.31. The Kier molecular flexibility index (Phi) is 6.04. The Morgan fingerprint density at radius 1 is 1.12 bits per heavy atom. The number of nitro benzene ring substituents is 1. The molecule has 0 saturated heterocycles. The summed E-state index contributed by atoms with van der Waals surface area (Å²) in [5.41, 5.74) is 4.62. The van der Waals surface area contributed by atoms with Crippen molar-refractivity contribution in [2.45, 2.75) is 20.4 Å². The van der Waals surface area contributed by atoms with Crippen molar-refractivity contribution in [3.63, 3.8) is 0 Å². The lowest BCUT2D eigenvalue weighted by Crippen LogP contribution is -2.29. The Balaban J connectivity index is 1.65. The number of nitro groups is 1. The van der Waals surface area contributed by atoms with Gasteiger partial charge in [-0.1, -0.05) is 17.4 Å². The fourth-order valence-electron chi connectivity index (χ4n) is 3.14. The molecule has 0 bridgehead atoms. The van der Waals surface area contributed by atoms with Gasteiger partial charge in [0.2, 0.25) is 0 Å². The van der Waals surface area contributed by atoms with E-state index in [1.54, 1.807) is 29.3 Å². The van der Waals surface area contributed by atoms with Crippen LogP contribution in [0.15, 0.2) is 66.9 Å². The zero-order chi connectivity index (χ0) is 22.7. The number of hydrogen-bond donors (Lipinski definition) is 0. The van der Waals surface area contributed by atoms with Crippen LogP contribution in [-0.4, -0.2) is 20.8 Å². The predicted molar refractivity (Wildman–Crippen MR) is 127 cm³/mol. The van der Waals surface area contributed by atoms with Crippen LogP contribution < -0.4 is 4.90 Å². The van der Waals surface area contributed by atoms with Gasteiger partial charge in [0.05, 0.1) is 27.4 Å². The first kappa shape index (κ1) is 21.3. The highest BCUT2D eigenvalue weighted by Gasteiger charge is 2.19. The number of benzene rings is 2. The molecule has 2 aromatic carbocycles. The van der Waals surface area contributed by atoms with Crippen LogP contribution in [0.2, 0.25) is 0 Å². The van der Waals surface area contributed by atoms with E-state index in [-0.39, 0.29) is 18.1 Å². The number of aromatic nitrogens is 2. The smallest absolute Gasteiger partial charge is 0.269 e. The summed E-state index contributed by atoms with van der Waals surface area (Å²) in [6.07, 6.45) is 4.78. The summed E-state index contributed by atoms with van der Waals surface area (Å²) in [6, 6.07) is 15.7. The molecule has 0 aliphatic rings. The van der Waals surface area contributed by atoms with Gasteiger partial charge in [-0.15, -0.1) is 0 Å². The molecule has 2 heterocycles. The number of aryl methyl sites for hydroxylation is 2. The highest BCUT2D eigenvalue weighted by molar-refractivity contribution is 7.22. The van der Waals surface area contributed by atoms with Gasteiger partial charge in [0.25, 0.3) is 11.6 Å². The number of fused-ring (bicyclic) bond motifs is 1. The second-order valence-electron chi connectivity index (χ2n) is 7.33. The Bertz CT molecular complexity index is 1280. The van der Waals surface area contributed by atoms with E-state index in [9.17, 15) is 14.9 Å². The summed E-state index contributed by atoms with van der Waals surface area (Å²) in [7, 11) is 0. The largest absolute Gasteiger partial charge is 0.278 e. The summed E-state index contributed by atoms with van der Waals surface area (Å²) in [5.74, 6) is -0.249. The number of hydrogen-bond acceptors (Lipinski definition) is 6. The maximum absolute atomic E-state index is 13.2. The van der Waals surface area contributed by atoms with E-state index in [0.29, 0.717) is 10.7 Å². The molecule has 0 radical (unpaired) electrons. The number of anilines is 1. The van der Waals surface area contributed by atoms with Crippen molar-refractivity contribution in [1.82, 2.24) is 9.97 Å². The number of rotatable bonds is 6. The second-order valence-corrected chi connectivity index (χ2v) is 8.34. The minimum absolute atomic E-state index is 0.00492. The van der Waals surface area contributed by atoms with Crippen molar-refractivity contribution in [3.05, 3.63) is 99.4 Å². The van der Waals surface area contributed by atoms with E-state index in [0.717, 1.165) is 21.5 Å². The van der Waals surface area contributed by atoms with Gasteiger partial charge < -0.3 is 0 Å².